The highest BCUT2D eigenvalue weighted by molar-refractivity contribution is 5.82. The van der Waals surface area contributed by atoms with Crippen molar-refractivity contribution < 1.29 is 9.15 Å². The molecule has 1 heterocycles. The number of hydrogen-bond donors (Lipinski definition) is 1. The van der Waals surface area contributed by atoms with Crippen molar-refractivity contribution in [3.05, 3.63) is 35.6 Å². The van der Waals surface area contributed by atoms with E-state index in [-0.39, 0.29) is 0 Å². The Morgan fingerprint density at radius 3 is 2.78 bits per heavy atom. The van der Waals surface area contributed by atoms with Gasteiger partial charge in [0.05, 0.1) is 13.2 Å². The lowest BCUT2D eigenvalue weighted by atomic mass is 10.1. The number of hydrogen-bond acceptors (Lipinski definition) is 3. The smallest absolute Gasteiger partial charge is 0.134 e. The Bertz CT molecular complexity index is 502. The van der Waals surface area contributed by atoms with Crippen LogP contribution in [0.25, 0.3) is 11.0 Å². The fraction of sp³-hybridized carbons (Fsp3) is 0.467. The molecule has 0 aliphatic heterocycles. The van der Waals surface area contributed by atoms with Crippen LogP contribution in [0.1, 0.15) is 32.1 Å². The van der Waals surface area contributed by atoms with Gasteiger partial charge >= 0.3 is 0 Å². The van der Waals surface area contributed by atoms with Gasteiger partial charge in [0.25, 0.3) is 0 Å². The maximum atomic E-state index is 5.90. The Kier molecular flexibility index (Phi) is 4.39. The summed E-state index contributed by atoms with van der Waals surface area (Å²) in [6, 6.07) is 8.57. The van der Waals surface area contributed by atoms with Gasteiger partial charge in [-0.25, -0.2) is 0 Å². The molecule has 0 atom stereocenters. The van der Waals surface area contributed by atoms with Crippen molar-refractivity contribution in [1.29, 1.82) is 0 Å². The zero-order valence-corrected chi connectivity index (χ0v) is 11.3. The predicted molar refractivity (Wildman–Crippen MR) is 73.5 cm³/mol. The molecule has 0 aliphatic rings. The molecule has 0 fully saturated rings. The average Bonchev–Trinajstić information content (AvgIpc) is 2.71. The molecule has 3 heteroatoms. The average molecular weight is 247 g/mol. The molecule has 0 bridgehead atoms. The van der Waals surface area contributed by atoms with Crippen molar-refractivity contribution in [2.24, 2.45) is 0 Å². The van der Waals surface area contributed by atoms with Crippen LogP contribution in [0.2, 0.25) is 0 Å². The van der Waals surface area contributed by atoms with Crippen LogP contribution >= 0.6 is 0 Å². The SMILES string of the molecule is CCOCc1c(CNC(C)C)oc2ccccc12. The van der Waals surface area contributed by atoms with Gasteiger partial charge in [-0.15, -0.1) is 0 Å². The molecule has 18 heavy (non-hydrogen) atoms. The van der Waals surface area contributed by atoms with Crippen molar-refractivity contribution >= 4 is 11.0 Å². The van der Waals surface area contributed by atoms with Gasteiger partial charge in [0.2, 0.25) is 0 Å². The summed E-state index contributed by atoms with van der Waals surface area (Å²) in [6.07, 6.45) is 0. The minimum absolute atomic E-state index is 0.443. The third kappa shape index (κ3) is 2.92. The van der Waals surface area contributed by atoms with Crippen molar-refractivity contribution in [3.63, 3.8) is 0 Å². The first-order chi connectivity index (χ1) is 8.72. The van der Waals surface area contributed by atoms with Gasteiger partial charge in [0.15, 0.2) is 0 Å². The third-order valence-corrected chi connectivity index (χ3v) is 2.90. The van der Waals surface area contributed by atoms with E-state index in [9.17, 15) is 0 Å². The normalized spacial score (nSPS) is 11.6. The Morgan fingerprint density at radius 1 is 1.28 bits per heavy atom. The van der Waals surface area contributed by atoms with E-state index in [1.54, 1.807) is 0 Å². The number of benzene rings is 1. The minimum atomic E-state index is 0.443. The zero-order chi connectivity index (χ0) is 13.0. The molecule has 1 N–H and O–H groups in total. The maximum absolute atomic E-state index is 5.90. The van der Waals surface area contributed by atoms with E-state index in [0.717, 1.165) is 29.9 Å². The van der Waals surface area contributed by atoms with E-state index in [1.165, 1.54) is 5.56 Å². The van der Waals surface area contributed by atoms with Crippen LogP contribution < -0.4 is 5.32 Å². The summed E-state index contributed by atoms with van der Waals surface area (Å²) in [4.78, 5) is 0. The van der Waals surface area contributed by atoms with E-state index < -0.39 is 0 Å². The van der Waals surface area contributed by atoms with Crippen LogP contribution in [0.4, 0.5) is 0 Å². The van der Waals surface area contributed by atoms with Crippen LogP contribution in [0.3, 0.4) is 0 Å². The first kappa shape index (κ1) is 13.1. The molecule has 1 aromatic carbocycles. The number of nitrogens with one attached hydrogen (secondary N) is 1. The van der Waals surface area contributed by atoms with E-state index in [1.807, 2.05) is 25.1 Å². The highest BCUT2D eigenvalue weighted by Crippen LogP contribution is 2.26. The van der Waals surface area contributed by atoms with E-state index in [4.69, 9.17) is 9.15 Å². The van der Waals surface area contributed by atoms with Gasteiger partial charge in [-0.2, -0.15) is 0 Å². The lowest BCUT2D eigenvalue weighted by Gasteiger charge is -2.08. The van der Waals surface area contributed by atoms with Crippen LogP contribution in [0.5, 0.6) is 0 Å². The fourth-order valence-corrected chi connectivity index (χ4v) is 1.95. The van der Waals surface area contributed by atoms with Crippen molar-refractivity contribution in [2.45, 2.75) is 40.0 Å². The molecule has 2 aromatic rings. The number of para-hydroxylation sites is 1. The lowest BCUT2D eigenvalue weighted by Crippen LogP contribution is -2.22. The summed E-state index contributed by atoms with van der Waals surface area (Å²) in [7, 11) is 0. The standard InChI is InChI=1S/C15H21NO2/c1-4-17-10-13-12-7-5-6-8-14(12)18-15(13)9-16-11(2)3/h5-8,11,16H,4,9-10H2,1-3H3. The van der Waals surface area contributed by atoms with Gasteiger partial charge < -0.3 is 14.5 Å². The monoisotopic (exact) mass is 247 g/mol. The fourth-order valence-electron chi connectivity index (χ4n) is 1.95. The number of ether oxygens (including phenoxy) is 1. The summed E-state index contributed by atoms with van der Waals surface area (Å²) < 4.78 is 11.4. The highest BCUT2D eigenvalue weighted by Gasteiger charge is 2.13. The summed E-state index contributed by atoms with van der Waals surface area (Å²) >= 11 is 0. The molecular weight excluding hydrogens is 226 g/mol. The Morgan fingerprint density at radius 2 is 2.06 bits per heavy atom. The lowest BCUT2D eigenvalue weighted by molar-refractivity contribution is 0.133. The molecule has 98 valence electrons. The first-order valence-electron chi connectivity index (χ1n) is 6.52. The second-order valence-electron chi connectivity index (χ2n) is 4.67. The molecule has 0 saturated heterocycles. The zero-order valence-electron chi connectivity index (χ0n) is 11.3. The molecule has 0 unspecified atom stereocenters. The summed E-state index contributed by atoms with van der Waals surface area (Å²) in [5.74, 6) is 0.985. The summed E-state index contributed by atoms with van der Waals surface area (Å²) in [5.41, 5.74) is 2.10. The topological polar surface area (TPSA) is 34.4 Å². The van der Waals surface area contributed by atoms with Gasteiger partial charge in [0.1, 0.15) is 11.3 Å². The van der Waals surface area contributed by atoms with E-state index in [2.05, 4.69) is 25.2 Å². The van der Waals surface area contributed by atoms with E-state index in [0.29, 0.717) is 12.6 Å². The number of fused-ring (bicyclic) bond motifs is 1. The molecule has 3 nitrogen and oxygen atoms in total. The third-order valence-electron chi connectivity index (χ3n) is 2.90. The second-order valence-corrected chi connectivity index (χ2v) is 4.67. The minimum Gasteiger partial charge on any atom is -0.459 e. The van der Waals surface area contributed by atoms with Crippen LogP contribution in [-0.4, -0.2) is 12.6 Å². The van der Waals surface area contributed by atoms with Crippen LogP contribution in [-0.2, 0) is 17.9 Å². The van der Waals surface area contributed by atoms with Gasteiger partial charge in [-0.05, 0) is 13.0 Å². The van der Waals surface area contributed by atoms with E-state index >= 15 is 0 Å². The predicted octanol–water partition coefficient (Wildman–Crippen LogP) is 3.47. The quantitative estimate of drug-likeness (QED) is 0.848. The Balaban J connectivity index is 2.30. The molecule has 0 saturated carbocycles. The second kappa shape index (κ2) is 6.03. The first-order valence-corrected chi connectivity index (χ1v) is 6.52. The molecular formula is C15H21NO2. The van der Waals surface area contributed by atoms with Crippen molar-refractivity contribution in [1.82, 2.24) is 5.32 Å². The molecule has 0 aliphatic carbocycles. The van der Waals surface area contributed by atoms with Crippen LogP contribution in [0, 0.1) is 0 Å². The Hall–Kier alpha value is -1.32. The number of rotatable bonds is 6. The molecule has 0 amide bonds. The number of furan rings is 1. The van der Waals surface area contributed by atoms with Crippen molar-refractivity contribution in [3.8, 4) is 0 Å². The van der Waals surface area contributed by atoms with Gasteiger partial charge in [-0.1, -0.05) is 32.0 Å². The molecule has 0 spiro atoms. The van der Waals surface area contributed by atoms with Crippen LogP contribution in [0.15, 0.2) is 28.7 Å². The Labute approximate surface area is 108 Å². The van der Waals surface area contributed by atoms with Crippen molar-refractivity contribution in [2.75, 3.05) is 6.61 Å². The largest absolute Gasteiger partial charge is 0.459 e. The molecule has 1 aromatic heterocycles. The van der Waals surface area contributed by atoms with Gasteiger partial charge in [-0.3, -0.25) is 0 Å². The molecule has 2 rings (SSSR count). The summed E-state index contributed by atoms with van der Waals surface area (Å²) in [6.45, 7) is 8.35. The maximum Gasteiger partial charge on any atom is 0.134 e. The van der Waals surface area contributed by atoms with Gasteiger partial charge in [0, 0.05) is 23.6 Å². The highest BCUT2D eigenvalue weighted by atomic mass is 16.5. The molecule has 0 radical (unpaired) electrons. The summed E-state index contributed by atoms with van der Waals surface area (Å²) in [5, 5.41) is 4.55.